The maximum Gasteiger partial charge on any atom is 0.228 e. The van der Waals surface area contributed by atoms with Crippen molar-refractivity contribution in [2.75, 3.05) is 5.32 Å². The third kappa shape index (κ3) is 3.28. The fraction of sp³-hybridized carbons (Fsp3) is 0.0667. The molecule has 0 saturated carbocycles. The molecule has 2 aromatic rings. The van der Waals surface area contributed by atoms with Crippen LogP contribution in [0.25, 0.3) is 0 Å². The molecule has 0 atom stereocenters. The number of carbonyl (C=O) groups is 1. The summed E-state index contributed by atoms with van der Waals surface area (Å²) in [6.45, 7) is 0. The van der Waals surface area contributed by atoms with Crippen molar-refractivity contribution < 1.29 is 9.90 Å². The van der Waals surface area contributed by atoms with Crippen LogP contribution in [0.5, 0.6) is 5.75 Å². The number of phenols is 1. The van der Waals surface area contributed by atoms with E-state index in [2.05, 4.69) is 5.32 Å². The van der Waals surface area contributed by atoms with Crippen LogP contribution in [0.3, 0.4) is 0 Å². The van der Waals surface area contributed by atoms with Crippen LogP contribution in [0, 0.1) is 11.3 Å². The molecule has 0 spiro atoms. The zero-order valence-electron chi connectivity index (χ0n) is 10.4. The van der Waals surface area contributed by atoms with E-state index in [4.69, 9.17) is 16.9 Å². The molecule has 2 rings (SSSR count). The van der Waals surface area contributed by atoms with Crippen LogP contribution < -0.4 is 5.32 Å². The number of halogens is 1. The summed E-state index contributed by atoms with van der Waals surface area (Å²) >= 11 is 5.88. The molecular formula is C15H11ClN2O2. The molecule has 4 nitrogen and oxygen atoms in total. The maximum absolute atomic E-state index is 11.9. The highest BCUT2D eigenvalue weighted by Gasteiger charge is 2.08. The smallest absolute Gasteiger partial charge is 0.228 e. The van der Waals surface area contributed by atoms with E-state index in [9.17, 15) is 9.90 Å². The molecular weight excluding hydrogens is 276 g/mol. The van der Waals surface area contributed by atoms with Crippen molar-refractivity contribution in [3.05, 3.63) is 58.6 Å². The lowest BCUT2D eigenvalue weighted by molar-refractivity contribution is -0.115. The molecule has 0 radical (unpaired) electrons. The Kier molecular flexibility index (Phi) is 4.24. The minimum Gasteiger partial charge on any atom is -0.508 e. The van der Waals surface area contributed by atoms with Crippen LogP contribution in [-0.4, -0.2) is 11.0 Å². The summed E-state index contributed by atoms with van der Waals surface area (Å²) in [6.07, 6.45) is 0.0598. The van der Waals surface area contributed by atoms with E-state index in [-0.39, 0.29) is 23.1 Å². The highest BCUT2D eigenvalue weighted by Crippen LogP contribution is 2.21. The van der Waals surface area contributed by atoms with Gasteiger partial charge in [0.25, 0.3) is 0 Å². The monoisotopic (exact) mass is 286 g/mol. The summed E-state index contributed by atoms with van der Waals surface area (Å²) in [5.41, 5.74) is 1.41. The molecule has 1 amide bonds. The number of carbonyl (C=O) groups excluding carboxylic acids is 1. The van der Waals surface area contributed by atoms with E-state index < -0.39 is 0 Å². The first-order valence-corrected chi connectivity index (χ1v) is 6.24. The van der Waals surface area contributed by atoms with Gasteiger partial charge in [-0.05, 0) is 24.3 Å². The number of nitriles is 1. The van der Waals surface area contributed by atoms with Crippen LogP contribution in [0.2, 0.25) is 5.02 Å². The van der Waals surface area contributed by atoms with Crippen molar-refractivity contribution in [1.82, 2.24) is 0 Å². The lowest BCUT2D eigenvalue weighted by atomic mass is 10.1. The Hall–Kier alpha value is -2.51. The highest BCUT2D eigenvalue weighted by atomic mass is 35.5. The topological polar surface area (TPSA) is 73.1 Å². The molecule has 0 aliphatic rings. The molecule has 0 fully saturated rings. The lowest BCUT2D eigenvalue weighted by Gasteiger charge is -2.07. The Morgan fingerprint density at radius 3 is 2.70 bits per heavy atom. The minimum absolute atomic E-state index is 0.0598. The fourth-order valence-corrected chi connectivity index (χ4v) is 1.94. The maximum atomic E-state index is 11.9. The third-order valence-electron chi connectivity index (χ3n) is 2.72. The van der Waals surface area contributed by atoms with Gasteiger partial charge in [-0.3, -0.25) is 4.79 Å². The molecule has 0 saturated heterocycles. The van der Waals surface area contributed by atoms with Crippen LogP contribution >= 0.6 is 11.6 Å². The van der Waals surface area contributed by atoms with Gasteiger partial charge in [0.2, 0.25) is 5.91 Å². The largest absolute Gasteiger partial charge is 0.508 e. The molecule has 0 bridgehead atoms. The number of para-hydroxylation sites is 1. The van der Waals surface area contributed by atoms with Crippen molar-refractivity contribution in [2.24, 2.45) is 0 Å². The Morgan fingerprint density at radius 1 is 1.30 bits per heavy atom. The SMILES string of the molecule is N#Cc1ccc(NC(=O)Cc2ccccc2O)cc1Cl. The molecule has 0 aliphatic carbocycles. The van der Waals surface area contributed by atoms with Crippen LogP contribution in [-0.2, 0) is 11.2 Å². The molecule has 0 aliphatic heterocycles. The van der Waals surface area contributed by atoms with E-state index >= 15 is 0 Å². The number of nitrogens with one attached hydrogen (secondary N) is 1. The Bertz CT molecular complexity index is 693. The van der Waals surface area contributed by atoms with Gasteiger partial charge >= 0.3 is 0 Å². The molecule has 20 heavy (non-hydrogen) atoms. The van der Waals surface area contributed by atoms with Gasteiger partial charge in [-0.15, -0.1) is 0 Å². The van der Waals surface area contributed by atoms with Gasteiger partial charge in [0.1, 0.15) is 11.8 Å². The average Bonchev–Trinajstić information content (AvgIpc) is 2.41. The first-order valence-electron chi connectivity index (χ1n) is 5.86. The van der Waals surface area contributed by atoms with E-state index in [0.717, 1.165) is 0 Å². The quantitative estimate of drug-likeness (QED) is 0.910. The highest BCUT2D eigenvalue weighted by molar-refractivity contribution is 6.32. The fourth-order valence-electron chi connectivity index (χ4n) is 1.72. The predicted molar refractivity (Wildman–Crippen MR) is 76.6 cm³/mol. The van der Waals surface area contributed by atoms with Crippen molar-refractivity contribution in [3.8, 4) is 11.8 Å². The van der Waals surface area contributed by atoms with Gasteiger partial charge in [0.05, 0.1) is 17.0 Å². The van der Waals surface area contributed by atoms with Crippen LogP contribution in [0.15, 0.2) is 42.5 Å². The van der Waals surface area contributed by atoms with E-state index in [1.165, 1.54) is 18.2 Å². The Morgan fingerprint density at radius 2 is 2.05 bits per heavy atom. The second-order valence-corrected chi connectivity index (χ2v) is 4.57. The van der Waals surface area contributed by atoms with Crippen molar-refractivity contribution >= 4 is 23.2 Å². The number of anilines is 1. The summed E-state index contributed by atoms with van der Waals surface area (Å²) in [7, 11) is 0. The lowest BCUT2D eigenvalue weighted by Crippen LogP contribution is -2.14. The molecule has 100 valence electrons. The minimum atomic E-state index is -0.271. The number of benzene rings is 2. The summed E-state index contributed by atoms with van der Waals surface area (Å²) in [5.74, 6) is -0.187. The normalized spacial score (nSPS) is 9.80. The standard InChI is InChI=1S/C15H11ClN2O2/c16-13-8-12(6-5-11(13)9-17)18-15(20)7-10-3-1-2-4-14(10)19/h1-6,8,19H,7H2,(H,18,20). The second-order valence-electron chi connectivity index (χ2n) is 4.16. The van der Waals surface area contributed by atoms with Gasteiger partial charge in [0.15, 0.2) is 0 Å². The van der Waals surface area contributed by atoms with Gasteiger partial charge in [-0.25, -0.2) is 0 Å². The van der Waals surface area contributed by atoms with Crippen LogP contribution in [0.4, 0.5) is 5.69 Å². The number of rotatable bonds is 3. The average molecular weight is 287 g/mol. The number of amides is 1. The van der Waals surface area contributed by atoms with Crippen molar-refractivity contribution in [3.63, 3.8) is 0 Å². The third-order valence-corrected chi connectivity index (χ3v) is 3.03. The Balaban J connectivity index is 2.07. The van der Waals surface area contributed by atoms with Gasteiger partial charge < -0.3 is 10.4 Å². The molecule has 2 aromatic carbocycles. The first kappa shape index (κ1) is 13.9. The molecule has 5 heteroatoms. The summed E-state index contributed by atoms with van der Waals surface area (Å²) < 4.78 is 0. The number of hydrogen-bond acceptors (Lipinski definition) is 3. The van der Waals surface area contributed by atoms with E-state index in [1.807, 2.05) is 6.07 Å². The molecule has 2 N–H and O–H groups in total. The van der Waals surface area contributed by atoms with Gasteiger partial charge in [-0.2, -0.15) is 5.26 Å². The van der Waals surface area contributed by atoms with Crippen molar-refractivity contribution in [2.45, 2.75) is 6.42 Å². The van der Waals surface area contributed by atoms with Gasteiger partial charge in [0, 0.05) is 11.3 Å². The van der Waals surface area contributed by atoms with Gasteiger partial charge in [-0.1, -0.05) is 29.8 Å². The van der Waals surface area contributed by atoms with Crippen LogP contribution in [0.1, 0.15) is 11.1 Å². The number of aromatic hydroxyl groups is 1. The predicted octanol–water partition coefficient (Wildman–Crippen LogP) is 3.10. The van der Waals surface area contributed by atoms with E-state index in [1.54, 1.807) is 24.3 Å². The Labute approximate surface area is 121 Å². The number of phenolic OH excluding ortho intramolecular Hbond substituents is 1. The summed E-state index contributed by atoms with van der Waals surface area (Å²) in [4.78, 5) is 11.9. The summed E-state index contributed by atoms with van der Waals surface area (Å²) in [5, 5.41) is 21.3. The van der Waals surface area contributed by atoms with Crippen molar-refractivity contribution in [1.29, 1.82) is 5.26 Å². The molecule has 0 heterocycles. The zero-order chi connectivity index (χ0) is 14.5. The summed E-state index contributed by atoms with van der Waals surface area (Å²) in [6, 6.07) is 13.3. The zero-order valence-corrected chi connectivity index (χ0v) is 11.2. The second kappa shape index (κ2) is 6.09. The molecule has 0 unspecified atom stereocenters. The molecule has 0 aromatic heterocycles. The number of nitrogens with zero attached hydrogens (tertiary/aromatic N) is 1. The van der Waals surface area contributed by atoms with E-state index in [0.29, 0.717) is 16.8 Å². The number of hydrogen-bond donors (Lipinski definition) is 2. The first-order chi connectivity index (χ1) is 9.60.